The van der Waals surface area contributed by atoms with Gasteiger partial charge in [-0.3, -0.25) is 0 Å². The van der Waals surface area contributed by atoms with E-state index < -0.39 is 0 Å². The third-order valence-corrected chi connectivity index (χ3v) is 4.87. The van der Waals surface area contributed by atoms with Crippen LogP contribution in [0.2, 0.25) is 0 Å². The predicted molar refractivity (Wildman–Crippen MR) is 88.7 cm³/mol. The quantitative estimate of drug-likeness (QED) is 0.845. The summed E-state index contributed by atoms with van der Waals surface area (Å²) >= 11 is 0. The highest BCUT2D eigenvalue weighted by Gasteiger charge is 2.28. The van der Waals surface area contributed by atoms with Crippen molar-refractivity contribution in [1.82, 2.24) is 10.2 Å². The van der Waals surface area contributed by atoms with Crippen LogP contribution in [-0.2, 0) is 6.42 Å². The monoisotopic (exact) mass is 290 g/mol. The van der Waals surface area contributed by atoms with Crippen LogP contribution in [0.4, 0.5) is 0 Å². The molecule has 1 aromatic carbocycles. The molecule has 1 unspecified atom stereocenters. The van der Waals surface area contributed by atoms with Crippen LogP contribution in [0.5, 0.6) is 5.75 Å². The summed E-state index contributed by atoms with van der Waals surface area (Å²) in [4.78, 5) is 2.43. The largest absolute Gasteiger partial charge is 0.508 e. The van der Waals surface area contributed by atoms with Gasteiger partial charge in [0.1, 0.15) is 5.75 Å². The topological polar surface area (TPSA) is 35.5 Å². The van der Waals surface area contributed by atoms with Crippen LogP contribution in [0.25, 0.3) is 0 Å². The van der Waals surface area contributed by atoms with Crippen molar-refractivity contribution in [3.8, 4) is 5.75 Å². The molecule has 118 valence electrons. The minimum atomic E-state index is 0.347. The standard InChI is InChI=1S/C18H30N2O/c1-15(4-5-16-6-8-17(21)9-7-16)19-14-18(2)10-12-20(3)13-11-18/h6-9,15,19,21H,4-5,10-14H2,1-3H3. The lowest BCUT2D eigenvalue weighted by Crippen LogP contribution is -2.44. The van der Waals surface area contributed by atoms with Gasteiger partial charge in [0.05, 0.1) is 0 Å². The maximum Gasteiger partial charge on any atom is 0.115 e. The van der Waals surface area contributed by atoms with Gasteiger partial charge in [-0.15, -0.1) is 0 Å². The minimum Gasteiger partial charge on any atom is -0.508 e. The molecule has 1 saturated heterocycles. The summed E-state index contributed by atoms with van der Waals surface area (Å²) in [5, 5.41) is 13.0. The van der Waals surface area contributed by atoms with Crippen molar-refractivity contribution >= 4 is 0 Å². The Labute approximate surface area is 129 Å². The number of phenols is 1. The zero-order valence-electron chi connectivity index (χ0n) is 13.7. The molecule has 0 bridgehead atoms. The number of hydrogen-bond donors (Lipinski definition) is 2. The van der Waals surface area contributed by atoms with Crippen LogP contribution in [0, 0.1) is 5.41 Å². The molecular formula is C18H30N2O. The van der Waals surface area contributed by atoms with E-state index in [0.29, 0.717) is 17.2 Å². The van der Waals surface area contributed by atoms with Crippen LogP contribution < -0.4 is 5.32 Å². The van der Waals surface area contributed by atoms with E-state index in [1.54, 1.807) is 12.1 Å². The summed E-state index contributed by atoms with van der Waals surface area (Å²) in [5.74, 6) is 0.347. The molecule has 1 aromatic rings. The van der Waals surface area contributed by atoms with Crippen molar-refractivity contribution in [2.45, 2.75) is 45.6 Å². The summed E-state index contributed by atoms with van der Waals surface area (Å²) in [5.41, 5.74) is 1.76. The molecule has 0 spiro atoms. The van der Waals surface area contributed by atoms with Crippen molar-refractivity contribution < 1.29 is 5.11 Å². The lowest BCUT2D eigenvalue weighted by atomic mass is 9.80. The van der Waals surface area contributed by atoms with Gasteiger partial charge in [-0.05, 0) is 75.9 Å². The number of likely N-dealkylation sites (tertiary alicyclic amines) is 1. The Hall–Kier alpha value is -1.06. The van der Waals surface area contributed by atoms with E-state index in [1.807, 2.05) is 12.1 Å². The number of hydrogen-bond acceptors (Lipinski definition) is 3. The van der Waals surface area contributed by atoms with Crippen LogP contribution in [-0.4, -0.2) is 42.7 Å². The summed E-state index contributed by atoms with van der Waals surface area (Å²) < 4.78 is 0. The fourth-order valence-corrected chi connectivity index (χ4v) is 2.90. The SMILES string of the molecule is CC(CCc1ccc(O)cc1)NCC1(C)CCN(C)CC1. The van der Waals surface area contributed by atoms with E-state index >= 15 is 0 Å². The lowest BCUT2D eigenvalue weighted by Gasteiger charge is -2.38. The van der Waals surface area contributed by atoms with Crippen LogP contribution >= 0.6 is 0 Å². The molecule has 0 amide bonds. The average Bonchev–Trinajstić information content (AvgIpc) is 2.48. The van der Waals surface area contributed by atoms with Gasteiger partial charge in [0.2, 0.25) is 0 Å². The second-order valence-corrected chi connectivity index (χ2v) is 7.10. The first-order chi connectivity index (χ1) is 9.97. The van der Waals surface area contributed by atoms with E-state index in [1.165, 1.54) is 31.5 Å². The molecule has 1 heterocycles. The van der Waals surface area contributed by atoms with E-state index in [4.69, 9.17) is 0 Å². The molecule has 1 fully saturated rings. The van der Waals surface area contributed by atoms with Gasteiger partial charge in [0, 0.05) is 12.6 Å². The highest BCUT2D eigenvalue weighted by Crippen LogP contribution is 2.29. The van der Waals surface area contributed by atoms with Crippen molar-refractivity contribution in [3.63, 3.8) is 0 Å². The average molecular weight is 290 g/mol. The molecule has 3 heteroatoms. The molecule has 2 N–H and O–H groups in total. The Kier molecular flexibility index (Phi) is 5.65. The predicted octanol–water partition coefficient (Wildman–Crippen LogP) is 3.03. The van der Waals surface area contributed by atoms with Crippen LogP contribution in [0.15, 0.2) is 24.3 Å². The molecule has 1 aliphatic heterocycles. The van der Waals surface area contributed by atoms with Crippen molar-refractivity contribution in [2.75, 3.05) is 26.7 Å². The molecule has 1 aliphatic rings. The Bertz CT molecular complexity index is 421. The number of benzene rings is 1. The third kappa shape index (κ3) is 5.33. The molecule has 0 aromatic heterocycles. The molecule has 0 radical (unpaired) electrons. The number of aryl methyl sites for hydroxylation is 1. The van der Waals surface area contributed by atoms with E-state index in [9.17, 15) is 5.11 Å². The van der Waals surface area contributed by atoms with Gasteiger partial charge < -0.3 is 15.3 Å². The molecule has 1 atom stereocenters. The van der Waals surface area contributed by atoms with Gasteiger partial charge >= 0.3 is 0 Å². The second-order valence-electron chi connectivity index (χ2n) is 7.10. The van der Waals surface area contributed by atoms with Gasteiger partial charge in [-0.25, -0.2) is 0 Å². The van der Waals surface area contributed by atoms with Crippen molar-refractivity contribution in [2.24, 2.45) is 5.41 Å². The molecular weight excluding hydrogens is 260 g/mol. The highest BCUT2D eigenvalue weighted by molar-refractivity contribution is 5.25. The lowest BCUT2D eigenvalue weighted by molar-refractivity contribution is 0.133. The Balaban J connectivity index is 1.69. The van der Waals surface area contributed by atoms with E-state index in [-0.39, 0.29) is 0 Å². The fraction of sp³-hybridized carbons (Fsp3) is 0.667. The number of phenolic OH excluding ortho intramolecular Hbond substituents is 1. The van der Waals surface area contributed by atoms with E-state index in [2.05, 4.69) is 31.1 Å². The van der Waals surface area contributed by atoms with Gasteiger partial charge in [-0.2, -0.15) is 0 Å². The fourth-order valence-electron chi connectivity index (χ4n) is 2.90. The van der Waals surface area contributed by atoms with Gasteiger partial charge in [-0.1, -0.05) is 19.1 Å². The maximum absolute atomic E-state index is 9.29. The Morgan fingerprint density at radius 1 is 1.24 bits per heavy atom. The number of piperidine rings is 1. The summed E-state index contributed by atoms with van der Waals surface area (Å²) in [6.07, 6.45) is 4.79. The first-order valence-corrected chi connectivity index (χ1v) is 8.17. The highest BCUT2D eigenvalue weighted by atomic mass is 16.3. The Morgan fingerprint density at radius 2 is 1.86 bits per heavy atom. The normalized spacial score (nSPS) is 20.3. The smallest absolute Gasteiger partial charge is 0.115 e. The summed E-state index contributed by atoms with van der Waals surface area (Å²) in [6.45, 7) is 8.26. The van der Waals surface area contributed by atoms with E-state index in [0.717, 1.165) is 19.4 Å². The van der Waals surface area contributed by atoms with Gasteiger partial charge in [0.15, 0.2) is 0 Å². The number of aromatic hydroxyl groups is 1. The van der Waals surface area contributed by atoms with Gasteiger partial charge in [0.25, 0.3) is 0 Å². The maximum atomic E-state index is 9.29. The molecule has 0 aliphatic carbocycles. The Morgan fingerprint density at radius 3 is 2.48 bits per heavy atom. The summed E-state index contributed by atoms with van der Waals surface area (Å²) in [7, 11) is 2.22. The first kappa shape index (κ1) is 16.3. The molecule has 3 nitrogen and oxygen atoms in total. The zero-order valence-corrected chi connectivity index (χ0v) is 13.7. The first-order valence-electron chi connectivity index (χ1n) is 8.17. The number of rotatable bonds is 6. The summed E-state index contributed by atoms with van der Waals surface area (Å²) in [6, 6.07) is 8.11. The van der Waals surface area contributed by atoms with Crippen LogP contribution in [0.1, 0.15) is 38.7 Å². The molecule has 0 saturated carbocycles. The van der Waals surface area contributed by atoms with Crippen molar-refractivity contribution in [3.05, 3.63) is 29.8 Å². The van der Waals surface area contributed by atoms with Crippen molar-refractivity contribution in [1.29, 1.82) is 0 Å². The minimum absolute atomic E-state index is 0.347. The molecule has 21 heavy (non-hydrogen) atoms. The molecule has 2 rings (SSSR count). The van der Waals surface area contributed by atoms with Crippen LogP contribution in [0.3, 0.4) is 0 Å². The zero-order chi connectivity index (χ0) is 15.3. The number of nitrogens with zero attached hydrogens (tertiary/aromatic N) is 1. The third-order valence-electron chi connectivity index (χ3n) is 4.87. The second kappa shape index (κ2) is 7.28. The number of nitrogens with one attached hydrogen (secondary N) is 1.